The Bertz CT molecular complexity index is 1000. The van der Waals surface area contributed by atoms with Gasteiger partial charge in [0.2, 0.25) is 0 Å². The Kier molecular flexibility index (Phi) is 6.61. The van der Waals surface area contributed by atoms with Gasteiger partial charge in [-0.1, -0.05) is 49.6 Å². The molecule has 2 aromatic carbocycles. The van der Waals surface area contributed by atoms with E-state index < -0.39 is 0 Å². The van der Waals surface area contributed by atoms with Crippen molar-refractivity contribution < 1.29 is 19.1 Å². The molecule has 0 spiro atoms. The summed E-state index contributed by atoms with van der Waals surface area (Å²) in [4.78, 5) is 26.7. The van der Waals surface area contributed by atoms with Crippen LogP contribution in [-0.4, -0.2) is 30.0 Å². The highest BCUT2D eigenvalue weighted by Gasteiger charge is 2.39. The molecule has 31 heavy (non-hydrogen) atoms. The van der Waals surface area contributed by atoms with E-state index in [4.69, 9.17) is 9.47 Å². The molecule has 7 heteroatoms. The Balaban J connectivity index is 1.54. The van der Waals surface area contributed by atoms with Crippen LogP contribution >= 0.6 is 15.9 Å². The zero-order valence-electron chi connectivity index (χ0n) is 17.4. The first-order valence-electron chi connectivity index (χ1n) is 10.5. The van der Waals surface area contributed by atoms with E-state index in [0.717, 1.165) is 43.2 Å². The molecule has 0 aromatic heterocycles. The average Bonchev–Trinajstić information content (AvgIpc) is 3.06. The van der Waals surface area contributed by atoms with Crippen LogP contribution in [0.4, 0.5) is 4.79 Å². The van der Waals surface area contributed by atoms with Gasteiger partial charge in [0, 0.05) is 6.04 Å². The summed E-state index contributed by atoms with van der Waals surface area (Å²) in [6.07, 6.45) is 6.69. The maximum absolute atomic E-state index is 12.9. The number of carbonyl (C=O) groups excluding carboxylic acids is 2. The molecular formula is C24H25BrN2O4. The molecule has 0 unspecified atom stereocenters. The number of ether oxygens (including phenoxy) is 2. The number of halogens is 1. The van der Waals surface area contributed by atoms with Gasteiger partial charge in [-0.15, -0.1) is 0 Å². The number of benzene rings is 2. The van der Waals surface area contributed by atoms with E-state index in [1.165, 1.54) is 4.90 Å². The number of urea groups is 1. The molecule has 2 aliphatic rings. The fraction of sp³-hybridized carbons (Fsp3) is 0.333. The SMILES string of the molecule is COc1cc(/C=C2\NC(=O)N(C3CCCCC3)C2=O)cc(Br)c1OCc1ccccc1. The van der Waals surface area contributed by atoms with E-state index in [1.54, 1.807) is 19.3 Å². The molecule has 1 aliphatic heterocycles. The summed E-state index contributed by atoms with van der Waals surface area (Å²) < 4.78 is 12.2. The lowest BCUT2D eigenvalue weighted by molar-refractivity contribution is -0.124. The van der Waals surface area contributed by atoms with Crippen molar-refractivity contribution in [3.63, 3.8) is 0 Å². The largest absolute Gasteiger partial charge is 0.493 e. The molecule has 1 saturated heterocycles. The van der Waals surface area contributed by atoms with Crippen LogP contribution in [0.15, 0.2) is 52.6 Å². The van der Waals surface area contributed by atoms with Gasteiger partial charge in [0.1, 0.15) is 12.3 Å². The second kappa shape index (κ2) is 9.56. The number of hydrogen-bond donors (Lipinski definition) is 1. The summed E-state index contributed by atoms with van der Waals surface area (Å²) in [6, 6.07) is 13.2. The summed E-state index contributed by atoms with van der Waals surface area (Å²) in [7, 11) is 1.57. The fourth-order valence-corrected chi connectivity index (χ4v) is 4.65. The van der Waals surface area contributed by atoms with Crippen molar-refractivity contribution in [3.05, 3.63) is 63.8 Å². The quantitative estimate of drug-likeness (QED) is 0.448. The first kappa shape index (κ1) is 21.4. The van der Waals surface area contributed by atoms with Gasteiger partial charge < -0.3 is 14.8 Å². The van der Waals surface area contributed by atoms with Gasteiger partial charge in [0.15, 0.2) is 11.5 Å². The summed E-state index contributed by atoms with van der Waals surface area (Å²) in [6.45, 7) is 0.404. The Morgan fingerprint density at radius 3 is 2.58 bits per heavy atom. The van der Waals surface area contributed by atoms with Gasteiger partial charge in [0.25, 0.3) is 5.91 Å². The van der Waals surface area contributed by atoms with Crippen molar-refractivity contribution in [2.75, 3.05) is 7.11 Å². The number of methoxy groups -OCH3 is 1. The van der Waals surface area contributed by atoms with Crippen molar-refractivity contribution in [1.29, 1.82) is 0 Å². The van der Waals surface area contributed by atoms with Crippen LogP contribution in [0, 0.1) is 0 Å². The van der Waals surface area contributed by atoms with Crippen LogP contribution in [0.25, 0.3) is 6.08 Å². The molecule has 6 nitrogen and oxygen atoms in total. The van der Waals surface area contributed by atoms with E-state index in [0.29, 0.717) is 22.6 Å². The van der Waals surface area contributed by atoms with Crippen LogP contribution < -0.4 is 14.8 Å². The Hall–Kier alpha value is -2.80. The number of nitrogens with one attached hydrogen (secondary N) is 1. The standard InChI is InChI=1S/C24H25BrN2O4/c1-30-21-14-17(12-19(25)22(21)31-15-16-8-4-2-5-9-16)13-20-23(28)27(24(29)26-20)18-10-6-3-7-11-18/h2,4-5,8-9,12-14,18H,3,6-7,10-11,15H2,1H3,(H,26,29)/b20-13-. The molecular weight excluding hydrogens is 460 g/mol. The first-order valence-corrected chi connectivity index (χ1v) is 11.3. The second-order valence-electron chi connectivity index (χ2n) is 7.76. The minimum atomic E-state index is -0.336. The fourth-order valence-electron chi connectivity index (χ4n) is 4.08. The highest BCUT2D eigenvalue weighted by Crippen LogP contribution is 2.38. The highest BCUT2D eigenvalue weighted by molar-refractivity contribution is 9.10. The number of carbonyl (C=O) groups is 2. The van der Waals surface area contributed by atoms with Crippen LogP contribution in [-0.2, 0) is 11.4 Å². The second-order valence-corrected chi connectivity index (χ2v) is 8.62. The minimum Gasteiger partial charge on any atom is -0.493 e. The van der Waals surface area contributed by atoms with Gasteiger partial charge in [-0.05, 0) is 58.1 Å². The lowest BCUT2D eigenvalue weighted by atomic mass is 9.94. The van der Waals surface area contributed by atoms with Crippen LogP contribution in [0.3, 0.4) is 0 Å². The summed E-state index contributed by atoms with van der Waals surface area (Å²) >= 11 is 3.55. The van der Waals surface area contributed by atoms with Gasteiger partial charge in [0.05, 0.1) is 11.6 Å². The van der Waals surface area contributed by atoms with E-state index in [2.05, 4.69) is 21.2 Å². The lowest BCUT2D eigenvalue weighted by Gasteiger charge is -2.28. The molecule has 0 atom stereocenters. The molecule has 3 amide bonds. The van der Waals surface area contributed by atoms with Crippen molar-refractivity contribution >= 4 is 33.9 Å². The number of nitrogens with zero attached hydrogens (tertiary/aromatic N) is 1. The molecule has 2 aromatic rings. The molecule has 2 fully saturated rings. The summed E-state index contributed by atoms with van der Waals surface area (Å²) in [5, 5.41) is 2.73. The van der Waals surface area contributed by atoms with Gasteiger partial charge >= 0.3 is 6.03 Å². The average molecular weight is 485 g/mol. The lowest BCUT2D eigenvalue weighted by Crippen LogP contribution is -2.41. The number of hydrogen-bond acceptors (Lipinski definition) is 4. The normalized spacial score (nSPS) is 18.4. The topological polar surface area (TPSA) is 67.9 Å². The molecule has 0 radical (unpaired) electrons. The van der Waals surface area contributed by atoms with E-state index >= 15 is 0 Å². The number of rotatable bonds is 6. The maximum atomic E-state index is 12.9. The third-order valence-electron chi connectivity index (χ3n) is 5.64. The molecule has 162 valence electrons. The molecule has 1 heterocycles. The molecule has 1 N–H and O–H groups in total. The summed E-state index contributed by atoms with van der Waals surface area (Å²) in [5.74, 6) is 0.855. The van der Waals surface area contributed by atoms with Crippen LogP contribution in [0.5, 0.6) is 11.5 Å². The van der Waals surface area contributed by atoms with Crippen LogP contribution in [0.2, 0.25) is 0 Å². The van der Waals surface area contributed by atoms with Crippen molar-refractivity contribution in [1.82, 2.24) is 10.2 Å². The maximum Gasteiger partial charge on any atom is 0.329 e. The third-order valence-corrected chi connectivity index (χ3v) is 6.23. The van der Waals surface area contributed by atoms with Gasteiger partial charge in [-0.2, -0.15) is 0 Å². The molecule has 1 aliphatic carbocycles. The zero-order valence-corrected chi connectivity index (χ0v) is 19.0. The monoisotopic (exact) mass is 484 g/mol. The summed E-state index contributed by atoms with van der Waals surface area (Å²) in [5.41, 5.74) is 2.05. The van der Waals surface area contributed by atoms with Crippen LogP contribution in [0.1, 0.15) is 43.2 Å². The van der Waals surface area contributed by atoms with Crippen molar-refractivity contribution in [2.45, 2.75) is 44.8 Å². The number of amides is 3. The predicted octanol–water partition coefficient (Wildman–Crippen LogP) is 5.26. The van der Waals surface area contributed by atoms with Crippen molar-refractivity contribution in [3.8, 4) is 11.5 Å². The Morgan fingerprint density at radius 1 is 1.13 bits per heavy atom. The zero-order chi connectivity index (χ0) is 21.8. The predicted molar refractivity (Wildman–Crippen MR) is 122 cm³/mol. The minimum absolute atomic E-state index is 0.0119. The van der Waals surface area contributed by atoms with E-state index in [1.807, 2.05) is 36.4 Å². The Labute approximate surface area is 190 Å². The first-order chi connectivity index (χ1) is 15.1. The Morgan fingerprint density at radius 2 is 1.87 bits per heavy atom. The van der Waals surface area contributed by atoms with Crippen molar-refractivity contribution in [2.24, 2.45) is 0 Å². The number of imide groups is 1. The molecule has 0 bridgehead atoms. The third kappa shape index (κ3) is 4.77. The molecule has 1 saturated carbocycles. The van der Waals surface area contributed by atoms with E-state index in [9.17, 15) is 9.59 Å². The van der Waals surface area contributed by atoms with E-state index in [-0.39, 0.29) is 23.7 Å². The molecule has 4 rings (SSSR count). The van der Waals surface area contributed by atoms with Gasteiger partial charge in [-0.25, -0.2) is 4.79 Å². The smallest absolute Gasteiger partial charge is 0.329 e. The highest BCUT2D eigenvalue weighted by atomic mass is 79.9. The van der Waals surface area contributed by atoms with Gasteiger partial charge in [-0.3, -0.25) is 9.69 Å².